The van der Waals surface area contributed by atoms with Crippen molar-refractivity contribution in [3.05, 3.63) is 42.0 Å². The van der Waals surface area contributed by atoms with Crippen LogP contribution in [0.3, 0.4) is 0 Å². The van der Waals surface area contributed by atoms with E-state index in [-0.39, 0.29) is 6.04 Å². The molecule has 0 bridgehead atoms. The van der Waals surface area contributed by atoms with Gasteiger partial charge in [0.2, 0.25) is 0 Å². The maximum atomic E-state index is 5.65. The molecule has 6 heteroatoms. The molecule has 2 aliphatic rings. The van der Waals surface area contributed by atoms with Crippen LogP contribution in [0.2, 0.25) is 0 Å². The summed E-state index contributed by atoms with van der Waals surface area (Å²) in [6.07, 6.45) is 1.78. The molecule has 0 aliphatic carbocycles. The van der Waals surface area contributed by atoms with Gasteiger partial charge in [-0.1, -0.05) is 24.4 Å². The molecule has 0 N–H and O–H groups in total. The SMILES string of the molecule is S=C1c2ccccc2-n2cnnc2[C@@H]2CSCN12. The lowest BCUT2D eigenvalue weighted by Crippen LogP contribution is -2.29. The van der Waals surface area contributed by atoms with Gasteiger partial charge in [0.1, 0.15) is 17.4 Å². The summed E-state index contributed by atoms with van der Waals surface area (Å²) in [5, 5.41) is 8.35. The number of para-hydroxylation sites is 1. The second kappa shape index (κ2) is 3.80. The molecule has 4 rings (SSSR count). The van der Waals surface area contributed by atoms with Gasteiger partial charge in [-0.05, 0) is 12.1 Å². The van der Waals surface area contributed by atoms with Crippen molar-refractivity contribution in [1.29, 1.82) is 0 Å². The average molecular weight is 274 g/mol. The number of rotatable bonds is 0. The van der Waals surface area contributed by atoms with E-state index < -0.39 is 0 Å². The first-order valence-electron chi connectivity index (χ1n) is 5.74. The van der Waals surface area contributed by atoms with E-state index in [4.69, 9.17) is 12.2 Å². The molecule has 0 radical (unpaired) electrons. The smallest absolute Gasteiger partial charge is 0.161 e. The Morgan fingerprint density at radius 2 is 2.22 bits per heavy atom. The third kappa shape index (κ3) is 1.30. The van der Waals surface area contributed by atoms with Crippen LogP contribution < -0.4 is 0 Å². The van der Waals surface area contributed by atoms with E-state index in [1.54, 1.807) is 6.33 Å². The van der Waals surface area contributed by atoms with Gasteiger partial charge in [-0.15, -0.1) is 22.0 Å². The monoisotopic (exact) mass is 274 g/mol. The van der Waals surface area contributed by atoms with E-state index >= 15 is 0 Å². The van der Waals surface area contributed by atoms with E-state index in [0.29, 0.717) is 0 Å². The summed E-state index contributed by atoms with van der Waals surface area (Å²) >= 11 is 7.54. The minimum atomic E-state index is 0.248. The van der Waals surface area contributed by atoms with Crippen LogP contribution >= 0.6 is 24.0 Å². The Bertz CT molecular complexity index is 637. The number of thioether (sulfide) groups is 1. The second-order valence-electron chi connectivity index (χ2n) is 4.37. The number of thiocarbonyl (C=S) groups is 1. The number of benzene rings is 1. The normalized spacial score (nSPS) is 21.2. The van der Waals surface area contributed by atoms with Crippen molar-refractivity contribution in [2.45, 2.75) is 6.04 Å². The van der Waals surface area contributed by atoms with Crippen molar-refractivity contribution in [3.63, 3.8) is 0 Å². The Kier molecular flexibility index (Phi) is 2.22. The molecule has 2 aromatic rings. The average Bonchev–Trinajstić information content (AvgIpc) is 3.04. The Morgan fingerprint density at radius 3 is 3.17 bits per heavy atom. The van der Waals surface area contributed by atoms with Crippen molar-refractivity contribution in [1.82, 2.24) is 19.7 Å². The van der Waals surface area contributed by atoms with Gasteiger partial charge in [-0.3, -0.25) is 4.57 Å². The maximum absolute atomic E-state index is 5.65. The zero-order valence-corrected chi connectivity index (χ0v) is 11.1. The summed E-state index contributed by atoms with van der Waals surface area (Å²) < 4.78 is 2.07. The lowest BCUT2D eigenvalue weighted by molar-refractivity contribution is 0.405. The first-order chi connectivity index (χ1) is 8.86. The zero-order valence-electron chi connectivity index (χ0n) is 9.48. The van der Waals surface area contributed by atoms with Gasteiger partial charge < -0.3 is 4.90 Å². The Hall–Kier alpha value is -1.40. The minimum Gasteiger partial charge on any atom is -0.342 e. The van der Waals surface area contributed by atoms with Gasteiger partial charge in [-0.2, -0.15) is 0 Å². The van der Waals surface area contributed by atoms with Gasteiger partial charge >= 0.3 is 0 Å². The molecule has 18 heavy (non-hydrogen) atoms. The molecule has 2 aliphatic heterocycles. The van der Waals surface area contributed by atoms with Crippen LogP contribution in [-0.4, -0.2) is 36.3 Å². The van der Waals surface area contributed by atoms with Crippen LogP contribution in [0.5, 0.6) is 0 Å². The topological polar surface area (TPSA) is 34.0 Å². The van der Waals surface area contributed by atoms with E-state index in [9.17, 15) is 0 Å². The molecular formula is C12H10N4S2. The van der Waals surface area contributed by atoms with Crippen molar-refractivity contribution >= 4 is 29.0 Å². The first-order valence-corrected chi connectivity index (χ1v) is 7.30. The van der Waals surface area contributed by atoms with E-state index in [1.807, 2.05) is 23.9 Å². The predicted octanol–water partition coefficient (Wildman–Crippen LogP) is 2.00. The molecule has 4 nitrogen and oxygen atoms in total. The lowest BCUT2D eigenvalue weighted by atomic mass is 10.1. The molecule has 1 aromatic carbocycles. The molecule has 1 atom stereocenters. The Balaban J connectivity index is 2.04. The molecule has 1 aromatic heterocycles. The largest absolute Gasteiger partial charge is 0.342 e. The molecule has 90 valence electrons. The summed E-state index contributed by atoms with van der Waals surface area (Å²) in [7, 11) is 0. The summed E-state index contributed by atoms with van der Waals surface area (Å²) in [5.41, 5.74) is 2.18. The van der Waals surface area contributed by atoms with Gasteiger partial charge in [0.05, 0.1) is 11.6 Å². The number of fused-ring (bicyclic) bond motifs is 5. The molecule has 1 saturated heterocycles. The van der Waals surface area contributed by atoms with Gasteiger partial charge in [-0.25, -0.2) is 0 Å². The Morgan fingerprint density at radius 1 is 1.33 bits per heavy atom. The van der Waals surface area contributed by atoms with E-state index in [2.05, 4.69) is 31.8 Å². The Labute approximate surface area is 114 Å². The molecule has 0 amide bonds. The summed E-state index contributed by atoms with van der Waals surface area (Å²) in [4.78, 5) is 3.18. The number of hydrogen-bond acceptors (Lipinski definition) is 4. The number of hydrogen-bond donors (Lipinski definition) is 0. The van der Waals surface area contributed by atoms with Crippen LogP contribution in [0.25, 0.3) is 5.69 Å². The van der Waals surface area contributed by atoms with Crippen molar-refractivity contribution < 1.29 is 0 Å². The molecule has 1 fully saturated rings. The number of nitrogens with zero attached hydrogens (tertiary/aromatic N) is 4. The third-order valence-electron chi connectivity index (χ3n) is 3.41. The first kappa shape index (κ1) is 10.5. The standard InChI is InChI=1S/C12H10N4S2/c17-12-8-3-1-2-4-9(8)15-6-13-14-11(15)10-5-18-7-16(10)12/h1-4,6,10H,5,7H2/t10-/m0/s1. The fourth-order valence-corrected chi connectivity index (χ4v) is 4.14. The van der Waals surface area contributed by atoms with Crippen molar-refractivity contribution in [2.24, 2.45) is 0 Å². The molecular weight excluding hydrogens is 264 g/mol. The second-order valence-corrected chi connectivity index (χ2v) is 5.75. The maximum Gasteiger partial charge on any atom is 0.161 e. The number of aromatic nitrogens is 3. The fourth-order valence-electron chi connectivity index (χ4n) is 2.53. The predicted molar refractivity (Wildman–Crippen MR) is 75.0 cm³/mol. The quantitative estimate of drug-likeness (QED) is 0.686. The fraction of sp³-hybridized carbons (Fsp3) is 0.250. The molecule has 0 spiro atoms. The van der Waals surface area contributed by atoms with Crippen LogP contribution in [0, 0.1) is 0 Å². The molecule has 0 unspecified atom stereocenters. The summed E-state index contributed by atoms with van der Waals surface area (Å²) in [6.45, 7) is 0. The molecule has 0 saturated carbocycles. The lowest BCUT2D eigenvalue weighted by Gasteiger charge is -2.22. The minimum absolute atomic E-state index is 0.248. The highest BCUT2D eigenvalue weighted by molar-refractivity contribution is 7.99. The van der Waals surface area contributed by atoms with E-state index in [1.165, 1.54) is 0 Å². The zero-order chi connectivity index (χ0) is 12.1. The van der Waals surface area contributed by atoms with Crippen molar-refractivity contribution in [2.75, 3.05) is 11.6 Å². The van der Waals surface area contributed by atoms with Crippen LogP contribution in [0.15, 0.2) is 30.6 Å². The summed E-state index contributed by atoms with van der Waals surface area (Å²) in [6, 6.07) is 8.45. The van der Waals surface area contributed by atoms with Crippen LogP contribution in [-0.2, 0) is 0 Å². The van der Waals surface area contributed by atoms with Crippen LogP contribution in [0.4, 0.5) is 0 Å². The van der Waals surface area contributed by atoms with E-state index in [0.717, 1.165) is 33.7 Å². The van der Waals surface area contributed by atoms with Crippen LogP contribution in [0.1, 0.15) is 17.4 Å². The highest BCUT2D eigenvalue weighted by Crippen LogP contribution is 2.38. The van der Waals surface area contributed by atoms with Gasteiger partial charge in [0.15, 0.2) is 5.82 Å². The summed E-state index contributed by atoms with van der Waals surface area (Å²) in [5.74, 6) is 2.95. The van der Waals surface area contributed by atoms with Gasteiger partial charge in [0, 0.05) is 11.3 Å². The highest BCUT2D eigenvalue weighted by Gasteiger charge is 2.36. The molecule has 3 heterocycles. The highest BCUT2D eigenvalue weighted by atomic mass is 32.2. The third-order valence-corrected chi connectivity index (χ3v) is 4.88. The van der Waals surface area contributed by atoms with Gasteiger partial charge in [0.25, 0.3) is 0 Å². The van der Waals surface area contributed by atoms with Crippen molar-refractivity contribution in [3.8, 4) is 5.69 Å².